The van der Waals surface area contributed by atoms with E-state index in [1.54, 1.807) is 18.2 Å². The Morgan fingerprint density at radius 3 is 2.79 bits per heavy atom. The Morgan fingerprint density at radius 1 is 1.32 bits per heavy atom. The summed E-state index contributed by atoms with van der Waals surface area (Å²) >= 11 is 9.42. The van der Waals surface area contributed by atoms with Crippen molar-refractivity contribution in [2.24, 2.45) is 0 Å². The van der Waals surface area contributed by atoms with Gasteiger partial charge >= 0.3 is 0 Å². The first-order valence-electron chi connectivity index (χ1n) is 5.60. The Balaban J connectivity index is 2.31. The molecule has 0 unspecified atom stereocenters. The molecule has 0 aliphatic heterocycles. The Bertz CT molecular complexity index is 643. The second-order valence-corrected chi connectivity index (χ2v) is 5.37. The number of nitrogen functional groups attached to an aromatic ring is 1. The van der Waals surface area contributed by atoms with E-state index in [0.717, 1.165) is 15.7 Å². The van der Waals surface area contributed by atoms with Gasteiger partial charge in [0.1, 0.15) is 0 Å². The summed E-state index contributed by atoms with van der Waals surface area (Å²) in [5, 5.41) is 3.20. The van der Waals surface area contributed by atoms with Gasteiger partial charge in [0.25, 0.3) is 5.91 Å². The SMILES string of the molecule is Cc1c(Br)cccc1NC(=O)c1cc(N)ccc1Cl. The fraction of sp³-hybridized carbons (Fsp3) is 0.0714. The number of carbonyl (C=O) groups excluding carboxylic acids is 1. The molecule has 3 N–H and O–H groups in total. The van der Waals surface area contributed by atoms with Gasteiger partial charge in [-0.15, -0.1) is 0 Å². The van der Waals surface area contributed by atoms with Crippen molar-refractivity contribution < 1.29 is 4.79 Å². The molecule has 0 saturated heterocycles. The number of hydrogen-bond acceptors (Lipinski definition) is 2. The number of nitrogens with two attached hydrogens (primary N) is 1. The molecule has 0 aliphatic rings. The molecule has 0 fully saturated rings. The molecule has 2 rings (SSSR count). The van der Waals surface area contributed by atoms with E-state index in [0.29, 0.717) is 16.3 Å². The highest BCUT2D eigenvalue weighted by Crippen LogP contribution is 2.25. The number of anilines is 2. The summed E-state index contributed by atoms with van der Waals surface area (Å²) in [4.78, 5) is 12.2. The van der Waals surface area contributed by atoms with E-state index in [9.17, 15) is 4.79 Å². The van der Waals surface area contributed by atoms with Gasteiger partial charge in [0.05, 0.1) is 10.6 Å². The number of amides is 1. The van der Waals surface area contributed by atoms with Crippen LogP contribution in [0, 0.1) is 6.92 Å². The second-order valence-electron chi connectivity index (χ2n) is 4.11. The third kappa shape index (κ3) is 3.08. The summed E-state index contributed by atoms with van der Waals surface area (Å²) in [6.07, 6.45) is 0. The maximum atomic E-state index is 12.2. The Hall–Kier alpha value is -1.52. The highest BCUT2D eigenvalue weighted by atomic mass is 79.9. The molecule has 2 aromatic carbocycles. The van der Waals surface area contributed by atoms with Crippen LogP contribution in [0.1, 0.15) is 15.9 Å². The molecule has 0 atom stereocenters. The zero-order valence-electron chi connectivity index (χ0n) is 10.2. The molecule has 0 saturated carbocycles. The van der Waals surface area contributed by atoms with Crippen LogP contribution >= 0.6 is 27.5 Å². The van der Waals surface area contributed by atoms with Crippen LogP contribution in [0.5, 0.6) is 0 Å². The van der Waals surface area contributed by atoms with E-state index in [-0.39, 0.29) is 5.91 Å². The molecule has 2 aromatic rings. The van der Waals surface area contributed by atoms with Crippen LogP contribution in [0.15, 0.2) is 40.9 Å². The van der Waals surface area contributed by atoms with Crippen molar-refractivity contribution in [3.05, 3.63) is 57.0 Å². The summed E-state index contributed by atoms with van der Waals surface area (Å²) in [6.45, 7) is 1.92. The normalized spacial score (nSPS) is 10.3. The van der Waals surface area contributed by atoms with Crippen molar-refractivity contribution in [1.82, 2.24) is 0 Å². The quantitative estimate of drug-likeness (QED) is 0.804. The molecule has 0 aliphatic carbocycles. The van der Waals surface area contributed by atoms with Crippen LogP contribution in [-0.4, -0.2) is 5.91 Å². The maximum absolute atomic E-state index is 12.2. The van der Waals surface area contributed by atoms with Gasteiger partial charge in [0.2, 0.25) is 0 Å². The second kappa shape index (κ2) is 5.63. The molecule has 98 valence electrons. The zero-order valence-corrected chi connectivity index (χ0v) is 12.5. The predicted octanol–water partition coefficient (Wildman–Crippen LogP) is 4.25. The van der Waals surface area contributed by atoms with Crippen molar-refractivity contribution in [2.45, 2.75) is 6.92 Å². The predicted molar refractivity (Wildman–Crippen MR) is 82.7 cm³/mol. The zero-order chi connectivity index (χ0) is 14.0. The molecule has 0 spiro atoms. The summed E-state index contributed by atoms with van der Waals surface area (Å²) in [6, 6.07) is 10.4. The first-order chi connectivity index (χ1) is 8.99. The average Bonchev–Trinajstić information content (AvgIpc) is 2.38. The van der Waals surface area contributed by atoms with Gasteiger partial charge in [-0.05, 0) is 42.8 Å². The summed E-state index contributed by atoms with van der Waals surface area (Å²) < 4.78 is 0.934. The van der Waals surface area contributed by atoms with E-state index in [2.05, 4.69) is 21.2 Å². The third-order valence-corrected chi connectivity index (χ3v) is 3.94. The van der Waals surface area contributed by atoms with Gasteiger partial charge in [0.15, 0.2) is 0 Å². The van der Waals surface area contributed by atoms with Gasteiger partial charge in [-0.25, -0.2) is 0 Å². The summed E-state index contributed by atoms with van der Waals surface area (Å²) in [7, 11) is 0. The minimum atomic E-state index is -0.279. The highest BCUT2D eigenvalue weighted by Gasteiger charge is 2.12. The molecule has 5 heteroatoms. The molecule has 19 heavy (non-hydrogen) atoms. The van der Waals surface area contributed by atoms with Crippen LogP contribution < -0.4 is 11.1 Å². The maximum Gasteiger partial charge on any atom is 0.257 e. The lowest BCUT2D eigenvalue weighted by atomic mass is 10.1. The number of rotatable bonds is 2. The van der Waals surface area contributed by atoms with Gasteiger partial charge in [0, 0.05) is 15.8 Å². The number of carbonyl (C=O) groups is 1. The van der Waals surface area contributed by atoms with Gasteiger partial charge < -0.3 is 11.1 Å². The lowest BCUT2D eigenvalue weighted by molar-refractivity contribution is 0.102. The molecule has 0 radical (unpaired) electrons. The lowest BCUT2D eigenvalue weighted by Crippen LogP contribution is -2.13. The molecule has 0 bridgehead atoms. The van der Waals surface area contributed by atoms with Crippen molar-refractivity contribution >= 4 is 44.8 Å². The topological polar surface area (TPSA) is 55.1 Å². The van der Waals surface area contributed by atoms with E-state index in [1.807, 2.05) is 25.1 Å². The van der Waals surface area contributed by atoms with Crippen LogP contribution in [-0.2, 0) is 0 Å². The van der Waals surface area contributed by atoms with E-state index < -0.39 is 0 Å². The molecule has 1 amide bonds. The Morgan fingerprint density at radius 2 is 2.05 bits per heavy atom. The number of hydrogen-bond donors (Lipinski definition) is 2. The van der Waals surface area contributed by atoms with Gasteiger partial charge in [-0.1, -0.05) is 33.6 Å². The van der Waals surface area contributed by atoms with E-state index in [1.165, 1.54) is 0 Å². The number of nitrogens with one attached hydrogen (secondary N) is 1. The molecular weight excluding hydrogens is 328 g/mol. The molecule has 0 aromatic heterocycles. The fourth-order valence-electron chi connectivity index (χ4n) is 1.65. The minimum Gasteiger partial charge on any atom is -0.399 e. The fourth-order valence-corrected chi connectivity index (χ4v) is 2.22. The molecular formula is C14H12BrClN2O. The van der Waals surface area contributed by atoms with Crippen LogP contribution in [0.25, 0.3) is 0 Å². The van der Waals surface area contributed by atoms with Crippen molar-refractivity contribution in [3.63, 3.8) is 0 Å². The summed E-state index contributed by atoms with van der Waals surface area (Å²) in [5.74, 6) is -0.279. The largest absolute Gasteiger partial charge is 0.399 e. The first-order valence-corrected chi connectivity index (χ1v) is 6.77. The minimum absolute atomic E-state index is 0.279. The third-order valence-electron chi connectivity index (χ3n) is 2.75. The standard InChI is InChI=1S/C14H12BrClN2O/c1-8-11(15)3-2-4-13(8)18-14(19)10-7-9(17)5-6-12(10)16/h2-7H,17H2,1H3,(H,18,19). The number of halogens is 2. The van der Waals surface area contributed by atoms with E-state index in [4.69, 9.17) is 17.3 Å². The first kappa shape index (κ1) is 13.9. The van der Waals surface area contributed by atoms with Crippen molar-refractivity contribution in [3.8, 4) is 0 Å². The Labute approximate surface area is 124 Å². The van der Waals surface area contributed by atoms with Crippen LogP contribution in [0.3, 0.4) is 0 Å². The Kier molecular flexibility index (Phi) is 4.12. The molecule has 3 nitrogen and oxygen atoms in total. The highest BCUT2D eigenvalue weighted by molar-refractivity contribution is 9.10. The van der Waals surface area contributed by atoms with Gasteiger partial charge in [-0.3, -0.25) is 4.79 Å². The van der Waals surface area contributed by atoms with Crippen LogP contribution in [0.4, 0.5) is 11.4 Å². The average molecular weight is 340 g/mol. The van der Waals surface area contributed by atoms with E-state index >= 15 is 0 Å². The summed E-state index contributed by atoms with van der Waals surface area (Å²) in [5.41, 5.74) is 8.22. The number of benzene rings is 2. The van der Waals surface area contributed by atoms with Crippen LogP contribution in [0.2, 0.25) is 5.02 Å². The molecule has 0 heterocycles. The smallest absolute Gasteiger partial charge is 0.257 e. The lowest BCUT2D eigenvalue weighted by Gasteiger charge is -2.11. The van der Waals surface area contributed by atoms with Gasteiger partial charge in [-0.2, -0.15) is 0 Å². The van der Waals surface area contributed by atoms with Crippen molar-refractivity contribution in [2.75, 3.05) is 11.1 Å². The monoisotopic (exact) mass is 338 g/mol. The van der Waals surface area contributed by atoms with Crippen molar-refractivity contribution in [1.29, 1.82) is 0 Å².